The van der Waals surface area contributed by atoms with Crippen molar-refractivity contribution in [3.8, 4) is 5.75 Å². The van der Waals surface area contributed by atoms with Gasteiger partial charge >= 0.3 is 5.97 Å². The fraction of sp³-hybridized carbons (Fsp3) is 0.312. The molecular weight excluding hydrogens is 270 g/mol. The van der Waals surface area contributed by atoms with Crippen molar-refractivity contribution in [2.45, 2.75) is 20.0 Å². The Morgan fingerprint density at radius 1 is 1.24 bits per heavy atom. The van der Waals surface area contributed by atoms with Crippen molar-refractivity contribution in [1.82, 2.24) is 5.32 Å². The summed E-state index contributed by atoms with van der Waals surface area (Å²) in [5.74, 6) is 1.30. The maximum atomic E-state index is 11.3. The lowest BCUT2D eigenvalue weighted by molar-refractivity contribution is 0.0563. The van der Waals surface area contributed by atoms with Crippen molar-refractivity contribution in [3.63, 3.8) is 0 Å². The molecule has 5 nitrogen and oxygen atoms in total. The summed E-state index contributed by atoms with van der Waals surface area (Å²) in [5, 5.41) is 3.26. The van der Waals surface area contributed by atoms with Gasteiger partial charge in [-0.2, -0.15) is 0 Å². The summed E-state index contributed by atoms with van der Waals surface area (Å²) in [6.45, 7) is 3.84. The van der Waals surface area contributed by atoms with Crippen molar-refractivity contribution >= 4 is 5.97 Å². The predicted molar refractivity (Wildman–Crippen MR) is 78.2 cm³/mol. The third kappa shape index (κ3) is 4.36. The van der Waals surface area contributed by atoms with E-state index in [0.717, 1.165) is 11.3 Å². The number of hydrogen-bond donors (Lipinski definition) is 1. The minimum absolute atomic E-state index is 0.215. The molecule has 0 aliphatic heterocycles. The molecule has 0 saturated carbocycles. The number of methoxy groups -OCH3 is 1. The average molecular weight is 289 g/mol. The molecule has 2 aromatic rings. The van der Waals surface area contributed by atoms with Crippen LogP contribution in [0.4, 0.5) is 0 Å². The van der Waals surface area contributed by atoms with Crippen LogP contribution in [-0.2, 0) is 17.8 Å². The van der Waals surface area contributed by atoms with E-state index in [2.05, 4.69) is 10.1 Å². The molecule has 1 aromatic carbocycles. The summed E-state index contributed by atoms with van der Waals surface area (Å²) in [4.78, 5) is 11.3. The van der Waals surface area contributed by atoms with Gasteiger partial charge < -0.3 is 19.2 Å². The van der Waals surface area contributed by atoms with Crippen LogP contribution in [-0.4, -0.2) is 19.7 Å². The summed E-state index contributed by atoms with van der Waals surface area (Å²) in [6.07, 6.45) is 0. The number of nitrogens with one attached hydrogen (secondary N) is 1. The first-order valence-electron chi connectivity index (χ1n) is 6.82. The quantitative estimate of drug-likeness (QED) is 0.794. The van der Waals surface area contributed by atoms with Crippen LogP contribution in [0.3, 0.4) is 0 Å². The second-order valence-corrected chi connectivity index (χ2v) is 4.44. The summed E-state index contributed by atoms with van der Waals surface area (Å²) in [5.41, 5.74) is 1.13. The SMILES string of the molecule is CCOc1cccc(CNCc2ccc(C(=O)OC)o2)c1. The summed E-state index contributed by atoms with van der Waals surface area (Å²) >= 11 is 0. The Balaban J connectivity index is 1.85. The van der Waals surface area contributed by atoms with Gasteiger partial charge in [0.2, 0.25) is 5.76 Å². The molecule has 0 atom stereocenters. The Bertz CT molecular complexity index is 591. The molecule has 0 fully saturated rings. The maximum Gasteiger partial charge on any atom is 0.373 e. The molecule has 0 aliphatic carbocycles. The molecule has 0 saturated heterocycles. The Morgan fingerprint density at radius 2 is 2.10 bits per heavy atom. The monoisotopic (exact) mass is 289 g/mol. The molecule has 0 radical (unpaired) electrons. The van der Waals surface area contributed by atoms with E-state index >= 15 is 0 Å². The third-order valence-electron chi connectivity index (χ3n) is 2.89. The molecule has 0 unspecified atom stereocenters. The highest BCUT2D eigenvalue weighted by Gasteiger charge is 2.10. The van der Waals surface area contributed by atoms with Crippen LogP contribution < -0.4 is 10.1 Å². The third-order valence-corrected chi connectivity index (χ3v) is 2.89. The predicted octanol–water partition coefficient (Wildman–Crippen LogP) is 2.75. The van der Waals surface area contributed by atoms with Crippen LogP contribution in [0, 0.1) is 0 Å². The first kappa shape index (κ1) is 15.1. The van der Waals surface area contributed by atoms with E-state index < -0.39 is 5.97 Å². The number of carbonyl (C=O) groups excluding carboxylic acids is 1. The first-order chi connectivity index (χ1) is 10.2. The number of esters is 1. The van der Waals surface area contributed by atoms with Crippen LogP contribution in [0.25, 0.3) is 0 Å². The Kier molecular flexibility index (Phi) is 5.40. The fourth-order valence-electron chi connectivity index (χ4n) is 1.93. The Morgan fingerprint density at radius 3 is 2.86 bits per heavy atom. The van der Waals surface area contributed by atoms with Crippen LogP contribution in [0.15, 0.2) is 40.8 Å². The van der Waals surface area contributed by atoms with Crippen LogP contribution in [0.1, 0.15) is 28.8 Å². The molecule has 0 amide bonds. The summed E-state index contributed by atoms with van der Waals surface area (Å²) < 4.78 is 15.4. The number of rotatable bonds is 7. The van der Waals surface area contributed by atoms with Gasteiger partial charge in [0.1, 0.15) is 11.5 Å². The van der Waals surface area contributed by atoms with Gasteiger partial charge in [-0.05, 0) is 36.8 Å². The van der Waals surface area contributed by atoms with Gasteiger partial charge in [0.05, 0.1) is 20.3 Å². The zero-order valence-corrected chi connectivity index (χ0v) is 12.2. The van der Waals surface area contributed by atoms with Gasteiger partial charge in [-0.25, -0.2) is 4.79 Å². The molecule has 1 N–H and O–H groups in total. The first-order valence-corrected chi connectivity index (χ1v) is 6.82. The Hall–Kier alpha value is -2.27. The summed E-state index contributed by atoms with van der Waals surface area (Å²) in [6, 6.07) is 11.3. The van der Waals surface area contributed by atoms with Crippen LogP contribution in [0.5, 0.6) is 5.75 Å². The van der Waals surface area contributed by atoms with Gasteiger partial charge in [0, 0.05) is 6.54 Å². The minimum Gasteiger partial charge on any atom is -0.494 e. The lowest BCUT2D eigenvalue weighted by atomic mass is 10.2. The standard InChI is InChI=1S/C16H19NO4/c1-3-20-13-6-4-5-12(9-13)10-17-11-14-7-8-15(21-14)16(18)19-2/h4-9,17H,3,10-11H2,1-2H3. The second-order valence-electron chi connectivity index (χ2n) is 4.44. The van der Waals surface area contributed by atoms with Crippen molar-refractivity contribution in [1.29, 1.82) is 0 Å². The molecule has 1 heterocycles. The summed E-state index contributed by atoms with van der Waals surface area (Å²) in [7, 11) is 1.33. The van der Waals surface area contributed by atoms with Gasteiger partial charge in [-0.3, -0.25) is 0 Å². The average Bonchev–Trinajstić information content (AvgIpc) is 2.96. The zero-order chi connectivity index (χ0) is 15.1. The maximum absolute atomic E-state index is 11.3. The number of hydrogen-bond acceptors (Lipinski definition) is 5. The molecule has 112 valence electrons. The van der Waals surface area contributed by atoms with Crippen molar-refractivity contribution < 1.29 is 18.7 Å². The molecule has 1 aromatic heterocycles. The molecular formula is C16H19NO4. The zero-order valence-electron chi connectivity index (χ0n) is 12.2. The number of benzene rings is 1. The number of furan rings is 1. The lowest BCUT2D eigenvalue weighted by Gasteiger charge is -2.06. The highest BCUT2D eigenvalue weighted by Crippen LogP contribution is 2.13. The smallest absolute Gasteiger partial charge is 0.373 e. The highest BCUT2D eigenvalue weighted by molar-refractivity contribution is 5.86. The number of ether oxygens (including phenoxy) is 2. The van der Waals surface area contributed by atoms with E-state index in [-0.39, 0.29) is 5.76 Å². The van der Waals surface area contributed by atoms with E-state index in [0.29, 0.717) is 25.5 Å². The van der Waals surface area contributed by atoms with Gasteiger partial charge in [0.15, 0.2) is 0 Å². The number of carbonyl (C=O) groups is 1. The van der Waals surface area contributed by atoms with E-state index in [4.69, 9.17) is 9.15 Å². The normalized spacial score (nSPS) is 10.4. The van der Waals surface area contributed by atoms with Crippen LogP contribution in [0.2, 0.25) is 0 Å². The Labute approximate surface area is 123 Å². The lowest BCUT2D eigenvalue weighted by Crippen LogP contribution is -2.12. The fourth-order valence-corrected chi connectivity index (χ4v) is 1.93. The molecule has 2 rings (SSSR count). The van der Waals surface area contributed by atoms with Crippen molar-refractivity contribution in [2.24, 2.45) is 0 Å². The van der Waals surface area contributed by atoms with Crippen molar-refractivity contribution in [3.05, 3.63) is 53.5 Å². The van der Waals surface area contributed by atoms with Gasteiger partial charge in [-0.15, -0.1) is 0 Å². The van der Waals surface area contributed by atoms with Gasteiger partial charge in [0.25, 0.3) is 0 Å². The second kappa shape index (κ2) is 7.50. The minimum atomic E-state index is -0.467. The van der Waals surface area contributed by atoms with Crippen molar-refractivity contribution in [2.75, 3.05) is 13.7 Å². The molecule has 0 spiro atoms. The van der Waals surface area contributed by atoms with Crippen LogP contribution >= 0.6 is 0 Å². The largest absolute Gasteiger partial charge is 0.494 e. The molecule has 0 aliphatic rings. The van der Waals surface area contributed by atoms with E-state index in [1.165, 1.54) is 7.11 Å². The van der Waals surface area contributed by atoms with Gasteiger partial charge in [-0.1, -0.05) is 12.1 Å². The molecule has 21 heavy (non-hydrogen) atoms. The van der Waals surface area contributed by atoms with E-state index in [9.17, 15) is 4.79 Å². The van der Waals surface area contributed by atoms with E-state index in [1.807, 2.05) is 31.2 Å². The van der Waals surface area contributed by atoms with E-state index in [1.54, 1.807) is 12.1 Å². The topological polar surface area (TPSA) is 60.7 Å². The molecule has 0 bridgehead atoms. The highest BCUT2D eigenvalue weighted by atomic mass is 16.5. The molecule has 5 heteroatoms.